The Morgan fingerprint density at radius 1 is 1.38 bits per heavy atom. The van der Waals surface area contributed by atoms with E-state index in [2.05, 4.69) is 30.1 Å². The molecule has 0 saturated carbocycles. The summed E-state index contributed by atoms with van der Waals surface area (Å²) in [4.78, 5) is 3.39. The minimum absolute atomic E-state index is 0.265. The Hall–Kier alpha value is -1.32. The number of nitrogens with one attached hydrogen (secondary N) is 1. The first kappa shape index (κ1) is 11.2. The fourth-order valence-electron chi connectivity index (χ4n) is 2.29. The average molecular weight is 218 g/mol. The molecule has 2 aromatic rings. The van der Waals surface area contributed by atoms with Gasteiger partial charge in [-0.1, -0.05) is 18.2 Å². The number of methoxy groups -OCH3 is 1. The van der Waals surface area contributed by atoms with Gasteiger partial charge in [0, 0.05) is 36.2 Å². The lowest BCUT2D eigenvalue weighted by molar-refractivity contribution is 0.181. The molecule has 1 aromatic carbocycles. The molecule has 0 radical (unpaired) electrons. The first-order chi connectivity index (χ1) is 7.77. The monoisotopic (exact) mass is 218 g/mol. The lowest BCUT2D eigenvalue weighted by Crippen LogP contribution is -2.17. The fraction of sp³-hybridized carbons (Fsp3) is 0.385. The summed E-state index contributed by atoms with van der Waals surface area (Å²) in [5.74, 6) is 0.265. The fourth-order valence-corrected chi connectivity index (χ4v) is 2.29. The number of aromatic amines is 1. The van der Waals surface area contributed by atoms with Crippen molar-refractivity contribution in [1.82, 2.24) is 4.98 Å². The second-order valence-corrected chi connectivity index (χ2v) is 4.10. The number of ether oxygens (including phenoxy) is 1. The Morgan fingerprint density at radius 3 is 2.81 bits per heavy atom. The smallest absolute Gasteiger partial charge is 0.0544 e. The van der Waals surface area contributed by atoms with Gasteiger partial charge in [-0.05, 0) is 18.6 Å². The molecule has 3 heteroatoms. The van der Waals surface area contributed by atoms with Crippen molar-refractivity contribution >= 4 is 10.9 Å². The van der Waals surface area contributed by atoms with E-state index < -0.39 is 0 Å². The van der Waals surface area contributed by atoms with Crippen LogP contribution in [0.4, 0.5) is 0 Å². The van der Waals surface area contributed by atoms with Crippen LogP contribution in [-0.2, 0) is 4.74 Å². The van der Waals surface area contributed by atoms with Crippen molar-refractivity contribution in [1.29, 1.82) is 0 Å². The quantitative estimate of drug-likeness (QED) is 0.826. The van der Waals surface area contributed by atoms with Crippen molar-refractivity contribution in [2.24, 2.45) is 5.73 Å². The van der Waals surface area contributed by atoms with Gasteiger partial charge in [-0.3, -0.25) is 0 Å². The molecule has 2 rings (SSSR count). The van der Waals surface area contributed by atoms with Gasteiger partial charge in [0.15, 0.2) is 0 Å². The number of rotatable bonds is 4. The molecule has 0 saturated heterocycles. The molecule has 0 aliphatic rings. The molecule has 3 nitrogen and oxygen atoms in total. The summed E-state index contributed by atoms with van der Waals surface area (Å²) in [6.45, 7) is 3.36. The number of nitrogens with two attached hydrogens (primary N) is 1. The lowest BCUT2D eigenvalue weighted by atomic mass is 9.97. The molecule has 1 aromatic heterocycles. The third-order valence-electron chi connectivity index (χ3n) is 3.00. The summed E-state index contributed by atoms with van der Waals surface area (Å²) < 4.78 is 5.23. The molecule has 1 unspecified atom stereocenters. The molecule has 0 bridgehead atoms. The Labute approximate surface area is 95.6 Å². The van der Waals surface area contributed by atoms with E-state index in [1.807, 2.05) is 6.07 Å². The number of benzene rings is 1. The highest BCUT2D eigenvalue weighted by Crippen LogP contribution is 2.28. The molecule has 1 atom stereocenters. The largest absolute Gasteiger partial charge is 0.384 e. The van der Waals surface area contributed by atoms with Crippen LogP contribution < -0.4 is 5.73 Å². The standard InChI is InChI=1S/C13H18N2O/c1-9-13(10(7-14)8-16-2)11-5-3-4-6-12(11)15-9/h3-6,10,15H,7-8,14H2,1-2H3. The van der Waals surface area contributed by atoms with Gasteiger partial charge < -0.3 is 15.5 Å². The van der Waals surface area contributed by atoms with E-state index in [9.17, 15) is 0 Å². The summed E-state index contributed by atoms with van der Waals surface area (Å²) >= 11 is 0. The molecule has 0 fully saturated rings. The number of H-pyrrole nitrogens is 1. The third-order valence-corrected chi connectivity index (χ3v) is 3.00. The van der Waals surface area contributed by atoms with Crippen LogP contribution in [0.2, 0.25) is 0 Å². The lowest BCUT2D eigenvalue weighted by Gasteiger charge is -2.14. The van der Waals surface area contributed by atoms with E-state index in [0.717, 1.165) is 0 Å². The third kappa shape index (κ3) is 1.84. The summed E-state index contributed by atoms with van der Waals surface area (Å²) in [5, 5.41) is 1.26. The summed E-state index contributed by atoms with van der Waals surface area (Å²) in [5.41, 5.74) is 9.47. The number of hydrogen-bond acceptors (Lipinski definition) is 2. The van der Waals surface area contributed by atoms with Crippen molar-refractivity contribution in [3.8, 4) is 0 Å². The van der Waals surface area contributed by atoms with E-state index >= 15 is 0 Å². The SMILES string of the molecule is COCC(CN)c1c(C)[nH]c2ccccc12. The molecule has 3 N–H and O–H groups in total. The highest BCUT2D eigenvalue weighted by Gasteiger charge is 2.17. The first-order valence-electron chi connectivity index (χ1n) is 5.54. The molecule has 1 heterocycles. The Kier molecular flexibility index (Phi) is 3.27. The van der Waals surface area contributed by atoms with Crippen molar-refractivity contribution in [3.63, 3.8) is 0 Å². The molecule has 0 aliphatic carbocycles. The van der Waals surface area contributed by atoms with Crippen LogP contribution in [-0.4, -0.2) is 25.2 Å². The van der Waals surface area contributed by atoms with E-state index in [-0.39, 0.29) is 5.92 Å². The van der Waals surface area contributed by atoms with Crippen LogP contribution in [0.15, 0.2) is 24.3 Å². The zero-order valence-corrected chi connectivity index (χ0v) is 9.79. The molecule has 86 valence electrons. The van der Waals surface area contributed by atoms with Crippen LogP contribution in [0.5, 0.6) is 0 Å². The first-order valence-corrected chi connectivity index (χ1v) is 5.54. The van der Waals surface area contributed by atoms with Crippen molar-refractivity contribution in [2.75, 3.05) is 20.3 Å². The summed E-state index contributed by atoms with van der Waals surface area (Å²) in [6.07, 6.45) is 0. The van der Waals surface area contributed by atoms with Crippen LogP contribution >= 0.6 is 0 Å². The topological polar surface area (TPSA) is 51.0 Å². The number of aromatic nitrogens is 1. The second kappa shape index (κ2) is 4.68. The zero-order chi connectivity index (χ0) is 11.5. The predicted molar refractivity (Wildman–Crippen MR) is 66.7 cm³/mol. The molecular weight excluding hydrogens is 200 g/mol. The minimum atomic E-state index is 0.265. The highest BCUT2D eigenvalue weighted by molar-refractivity contribution is 5.85. The number of hydrogen-bond donors (Lipinski definition) is 2. The maximum Gasteiger partial charge on any atom is 0.0544 e. The number of aryl methyl sites for hydroxylation is 1. The van der Waals surface area contributed by atoms with Gasteiger partial charge in [-0.15, -0.1) is 0 Å². The van der Waals surface area contributed by atoms with Crippen LogP contribution in [0, 0.1) is 6.92 Å². The molecule has 16 heavy (non-hydrogen) atoms. The van der Waals surface area contributed by atoms with Crippen molar-refractivity contribution < 1.29 is 4.74 Å². The van der Waals surface area contributed by atoms with E-state index in [4.69, 9.17) is 10.5 Å². The summed E-state index contributed by atoms with van der Waals surface area (Å²) in [7, 11) is 1.72. The van der Waals surface area contributed by atoms with Crippen LogP contribution in [0.3, 0.4) is 0 Å². The van der Waals surface area contributed by atoms with Crippen LogP contribution in [0.25, 0.3) is 10.9 Å². The molecule has 0 aliphatic heterocycles. The Bertz CT molecular complexity index is 476. The average Bonchev–Trinajstić information content (AvgIpc) is 2.62. The van der Waals surface area contributed by atoms with Crippen molar-refractivity contribution in [3.05, 3.63) is 35.5 Å². The Morgan fingerprint density at radius 2 is 2.12 bits per heavy atom. The normalized spacial score (nSPS) is 13.2. The highest BCUT2D eigenvalue weighted by atomic mass is 16.5. The van der Waals surface area contributed by atoms with E-state index in [1.165, 1.54) is 22.2 Å². The molecule has 0 amide bonds. The van der Waals surface area contributed by atoms with Crippen LogP contribution in [0.1, 0.15) is 17.2 Å². The van der Waals surface area contributed by atoms with E-state index in [0.29, 0.717) is 13.2 Å². The minimum Gasteiger partial charge on any atom is -0.384 e. The maximum atomic E-state index is 5.82. The Balaban J connectivity index is 2.53. The number of fused-ring (bicyclic) bond motifs is 1. The van der Waals surface area contributed by atoms with Gasteiger partial charge in [0.2, 0.25) is 0 Å². The van der Waals surface area contributed by atoms with E-state index in [1.54, 1.807) is 7.11 Å². The van der Waals surface area contributed by atoms with Crippen molar-refractivity contribution in [2.45, 2.75) is 12.8 Å². The maximum absolute atomic E-state index is 5.82. The second-order valence-electron chi connectivity index (χ2n) is 4.10. The van der Waals surface area contributed by atoms with Gasteiger partial charge in [-0.25, -0.2) is 0 Å². The molecular formula is C13H18N2O. The van der Waals surface area contributed by atoms with Gasteiger partial charge >= 0.3 is 0 Å². The summed E-state index contributed by atoms with van der Waals surface area (Å²) in [6, 6.07) is 8.31. The molecule has 0 spiro atoms. The van der Waals surface area contributed by atoms with Gasteiger partial charge in [0.25, 0.3) is 0 Å². The van der Waals surface area contributed by atoms with Gasteiger partial charge in [0.1, 0.15) is 0 Å². The zero-order valence-electron chi connectivity index (χ0n) is 9.79. The van der Waals surface area contributed by atoms with Gasteiger partial charge in [-0.2, -0.15) is 0 Å². The van der Waals surface area contributed by atoms with Gasteiger partial charge in [0.05, 0.1) is 6.61 Å². The predicted octanol–water partition coefficient (Wildman–Crippen LogP) is 2.17. The number of para-hydroxylation sites is 1.